The van der Waals surface area contributed by atoms with Crippen molar-refractivity contribution < 1.29 is 4.79 Å². The Hall–Kier alpha value is -1.35. The van der Waals surface area contributed by atoms with Gasteiger partial charge in [0.1, 0.15) is 0 Å². The molecule has 1 heterocycles. The summed E-state index contributed by atoms with van der Waals surface area (Å²) in [5.74, 6) is 1.34. The number of nitrogens with zero attached hydrogens (tertiary/aromatic N) is 1. The number of nitrogens with one attached hydrogen (secondary N) is 1. The summed E-state index contributed by atoms with van der Waals surface area (Å²) in [4.78, 5) is 14.5. The third-order valence-electron chi connectivity index (χ3n) is 4.71. The molecule has 1 aromatic carbocycles. The van der Waals surface area contributed by atoms with Gasteiger partial charge in [-0.15, -0.1) is 0 Å². The Kier molecular flexibility index (Phi) is 6.91. The topological polar surface area (TPSA) is 32.3 Å². The molecule has 2 rings (SSSR count). The molecule has 1 saturated heterocycles. The molecule has 0 aliphatic carbocycles. The van der Waals surface area contributed by atoms with Crippen LogP contribution in [0.15, 0.2) is 30.3 Å². The summed E-state index contributed by atoms with van der Waals surface area (Å²) in [6, 6.07) is 10.3. The zero-order valence-electron chi connectivity index (χ0n) is 14.1. The monoisotopic (exact) mass is 302 g/mol. The molecule has 1 aromatic rings. The molecular formula is C19H30N2O. The van der Waals surface area contributed by atoms with Crippen LogP contribution in [0, 0.1) is 5.92 Å². The number of rotatable bonds is 7. The summed E-state index contributed by atoms with van der Waals surface area (Å²) in [6.07, 6.45) is 4.27. The van der Waals surface area contributed by atoms with E-state index in [0.717, 1.165) is 25.4 Å². The highest BCUT2D eigenvalue weighted by Crippen LogP contribution is 2.18. The second-order valence-electron chi connectivity index (χ2n) is 6.74. The lowest BCUT2D eigenvalue weighted by molar-refractivity contribution is -0.121. The van der Waals surface area contributed by atoms with Crippen LogP contribution in [-0.2, 0) is 4.79 Å². The van der Waals surface area contributed by atoms with Gasteiger partial charge in [0.2, 0.25) is 5.91 Å². The minimum Gasteiger partial charge on any atom is -0.356 e. The van der Waals surface area contributed by atoms with Crippen LogP contribution in [0.5, 0.6) is 0 Å². The van der Waals surface area contributed by atoms with Gasteiger partial charge < -0.3 is 10.2 Å². The Bertz CT molecular complexity index is 438. The van der Waals surface area contributed by atoms with Crippen LogP contribution >= 0.6 is 0 Å². The molecule has 3 nitrogen and oxygen atoms in total. The van der Waals surface area contributed by atoms with Crippen molar-refractivity contribution in [2.45, 2.75) is 45.4 Å². The molecule has 1 atom stereocenters. The minimum absolute atomic E-state index is 0.170. The standard InChI is InChI=1S/C19H30N2O/c1-16-9-13-21(14-10-16)12-6-11-20-19(22)15-17(2)18-7-4-3-5-8-18/h3-5,7-8,16-17H,6,9-15H2,1-2H3,(H,20,22). The molecule has 1 aliphatic rings. The summed E-state index contributed by atoms with van der Waals surface area (Å²) in [6.45, 7) is 8.81. The first kappa shape index (κ1) is 17.0. The number of likely N-dealkylation sites (tertiary alicyclic amines) is 1. The van der Waals surface area contributed by atoms with Crippen molar-refractivity contribution in [3.63, 3.8) is 0 Å². The summed E-state index contributed by atoms with van der Waals surface area (Å²) >= 11 is 0. The lowest BCUT2D eigenvalue weighted by Gasteiger charge is -2.30. The van der Waals surface area contributed by atoms with Crippen molar-refractivity contribution in [2.75, 3.05) is 26.2 Å². The number of amides is 1. The van der Waals surface area contributed by atoms with Crippen LogP contribution in [0.25, 0.3) is 0 Å². The molecule has 3 heteroatoms. The van der Waals surface area contributed by atoms with E-state index in [1.165, 1.54) is 31.5 Å². The molecule has 0 bridgehead atoms. The van der Waals surface area contributed by atoms with E-state index in [4.69, 9.17) is 0 Å². The van der Waals surface area contributed by atoms with Gasteiger partial charge in [0.15, 0.2) is 0 Å². The highest BCUT2D eigenvalue weighted by atomic mass is 16.1. The number of carbonyl (C=O) groups excluding carboxylic acids is 1. The van der Waals surface area contributed by atoms with Crippen LogP contribution in [0.2, 0.25) is 0 Å². The van der Waals surface area contributed by atoms with Crippen molar-refractivity contribution in [3.8, 4) is 0 Å². The van der Waals surface area contributed by atoms with Gasteiger partial charge in [-0.3, -0.25) is 4.79 Å². The fraction of sp³-hybridized carbons (Fsp3) is 0.632. The van der Waals surface area contributed by atoms with E-state index in [1.54, 1.807) is 0 Å². The predicted molar refractivity (Wildman–Crippen MR) is 91.9 cm³/mol. The Morgan fingerprint density at radius 3 is 2.64 bits per heavy atom. The second kappa shape index (κ2) is 8.94. The lowest BCUT2D eigenvalue weighted by Crippen LogP contribution is -2.35. The molecule has 0 saturated carbocycles. The van der Waals surface area contributed by atoms with Gasteiger partial charge in [-0.05, 0) is 56.3 Å². The molecule has 122 valence electrons. The zero-order chi connectivity index (χ0) is 15.8. The Morgan fingerprint density at radius 2 is 1.95 bits per heavy atom. The molecule has 1 amide bonds. The molecule has 22 heavy (non-hydrogen) atoms. The maximum Gasteiger partial charge on any atom is 0.220 e. The normalized spacial score (nSPS) is 18.1. The van der Waals surface area contributed by atoms with Gasteiger partial charge in [0, 0.05) is 13.0 Å². The summed E-state index contributed by atoms with van der Waals surface area (Å²) in [5, 5.41) is 3.07. The predicted octanol–water partition coefficient (Wildman–Crippen LogP) is 3.42. The molecule has 0 radical (unpaired) electrons. The van der Waals surface area contributed by atoms with Crippen LogP contribution < -0.4 is 5.32 Å². The van der Waals surface area contributed by atoms with Crippen LogP contribution in [0.1, 0.15) is 51.0 Å². The zero-order valence-corrected chi connectivity index (χ0v) is 14.1. The number of benzene rings is 1. The average molecular weight is 302 g/mol. The van der Waals surface area contributed by atoms with Crippen molar-refractivity contribution in [3.05, 3.63) is 35.9 Å². The fourth-order valence-corrected chi connectivity index (χ4v) is 3.07. The summed E-state index contributed by atoms with van der Waals surface area (Å²) in [7, 11) is 0. The van der Waals surface area contributed by atoms with Crippen LogP contribution in [0.3, 0.4) is 0 Å². The Balaban J connectivity index is 1.58. The minimum atomic E-state index is 0.170. The molecular weight excluding hydrogens is 272 g/mol. The van der Waals surface area contributed by atoms with Crippen molar-refractivity contribution in [1.82, 2.24) is 10.2 Å². The SMILES string of the molecule is CC1CCN(CCCNC(=O)CC(C)c2ccccc2)CC1. The third kappa shape index (κ3) is 5.80. The van der Waals surface area contributed by atoms with Gasteiger partial charge in [0.05, 0.1) is 0 Å². The second-order valence-corrected chi connectivity index (χ2v) is 6.74. The maximum atomic E-state index is 12.0. The van der Waals surface area contributed by atoms with E-state index in [-0.39, 0.29) is 11.8 Å². The van der Waals surface area contributed by atoms with E-state index >= 15 is 0 Å². The van der Waals surface area contributed by atoms with Crippen LogP contribution in [0.4, 0.5) is 0 Å². The van der Waals surface area contributed by atoms with E-state index in [0.29, 0.717) is 6.42 Å². The third-order valence-corrected chi connectivity index (χ3v) is 4.71. The number of hydrogen-bond acceptors (Lipinski definition) is 2. The smallest absolute Gasteiger partial charge is 0.220 e. The largest absolute Gasteiger partial charge is 0.356 e. The number of piperidine rings is 1. The number of carbonyl (C=O) groups is 1. The van der Waals surface area contributed by atoms with Crippen LogP contribution in [-0.4, -0.2) is 37.0 Å². The van der Waals surface area contributed by atoms with E-state index in [9.17, 15) is 4.79 Å². The molecule has 0 aromatic heterocycles. The average Bonchev–Trinajstić information content (AvgIpc) is 2.54. The molecule has 1 fully saturated rings. The highest BCUT2D eigenvalue weighted by Gasteiger charge is 2.15. The van der Waals surface area contributed by atoms with Crippen molar-refractivity contribution >= 4 is 5.91 Å². The first-order chi connectivity index (χ1) is 10.6. The van der Waals surface area contributed by atoms with E-state index in [2.05, 4.69) is 36.2 Å². The molecule has 1 unspecified atom stereocenters. The van der Waals surface area contributed by atoms with Crippen molar-refractivity contribution in [1.29, 1.82) is 0 Å². The first-order valence-electron chi connectivity index (χ1n) is 8.69. The fourth-order valence-electron chi connectivity index (χ4n) is 3.07. The highest BCUT2D eigenvalue weighted by molar-refractivity contribution is 5.76. The van der Waals surface area contributed by atoms with Gasteiger partial charge in [-0.1, -0.05) is 44.2 Å². The van der Waals surface area contributed by atoms with Crippen molar-refractivity contribution in [2.24, 2.45) is 5.92 Å². The Labute approximate surface area is 135 Å². The summed E-state index contributed by atoms with van der Waals surface area (Å²) in [5.41, 5.74) is 1.24. The van der Waals surface area contributed by atoms with E-state index in [1.807, 2.05) is 18.2 Å². The quantitative estimate of drug-likeness (QED) is 0.783. The number of hydrogen-bond donors (Lipinski definition) is 1. The molecule has 0 spiro atoms. The van der Waals surface area contributed by atoms with Gasteiger partial charge in [0.25, 0.3) is 0 Å². The lowest BCUT2D eigenvalue weighted by atomic mass is 9.97. The summed E-state index contributed by atoms with van der Waals surface area (Å²) < 4.78 is 0. The molecule has 1 aliphatic heterocycles. The first-order valence-corrected chi connectivity index (χ1v) is 8.69. The van der Waals surface area contributed by atoms with Gasteiger partial charge in [-0.2, -0.15) is 0 Å². The Morgan fingerprint density at radius 1 is 1.27 bits per heavy atom. The van der Waals surface area contributed by atoms with Gasteiger partial charge in [-0.25, -0.2) is 0 Å². The maximum absolute atomic E-state index is 12.0. The van der Waals surface area contributed by atoms with E-state index < -0.39 is 0 Å². The van der Waals surface area contributed by atoms with Gasteiger partial charge >= 0.3 is 0 Å². The molecule has 1 N–H and O–H groups in total.